The van der Waals surface area contributed by atoms with Gasteiger partial charge in [-0.15, -0.1) is 11.3 Å². The maximum Gasteiger partial charge on any atom is 0.330 e. The summed E-state index contributed by atoms with van der Waals surface area (Å²) in [5.41, 5.74) is -1.08. The number of thiophene rings is 1. The van der Waals surface area contributed by atoms with Gasteiger partial charge in [-0.05, 0) is 30.9 Å². The number of carbonyl (C=O) groups is 2. The molecule has 1 aliphatic carbocycles. The molecule has 116 valence electrons. The summed E-state index contributed by atoms with van der Waals surface area (Å²) in [6, 6.07) is 1.85. The normalized spacial score (nSPS) is 27.0. The number of aryl methyl sites for hydroxylation is 1. The summed E-state index contributed by atoms with van der Waals surface area (Å²) in [4.78, 5) is 24.7. The van der Waals surface area contributed by atoms with Gasteiger partial charge in [0, 0.05) is 18.4 Å². The Hall–Kier alpha value is -1.40. The molecule has 0 aromatic carbocycles. The van der Waals surface area contributed by atoms with Gasteiger partial charge in [0.2, 0.25) is 0 Å². The van der Waals surface area contributed by atoms with Crippen LogP contribution in [-0.4, -0.2) is 35.2 Å². The van der Waals surface area contributed by atoms with Crippen LogP contribution in [0.2, 0.25) is 0 Å². The second kappa shape index (κ2) is 5.42. The maximum atomic E-state index is 12.4. The Kier molecular flexibility index (Phi) is 4.13. The lowest BCUT2D eigenvalue weighted by atomic mass is 9.54. The molecular formula is C15H21NO4S. The Morgan fingerprint density at radius 2 is 2.19 bits per heavy atom. The second-order valence-electron chi connectivity index (χ2n) is 5.97. The van der Waals surface area contributed by atoms with Crippen LogP contribution in [0.4, 0.5) is 0 Å². The van der Waals surface area contributed by atoms with Crippen LogP contribution in [-0.2, 0) is 9.53 Å². The zero-order chi connectivity index (χ0) is 15.8. The minimum Gasteiger partial charge on any atom is -0.479 e. The molecule has 2 N–H and O–H groups in total. The van der Waals surface area contributed by atoms with Crippen LogP contribution in [0, 0.1) is 12.3 Å². The number of ether oxygens (including phenoxy) is 1. The number of nitrogens with one attached hydrogen (secondary N) is 1. The van der Waals surface area contributed by atoms with Crippen molar-refractivity contribution >= 4 is 23.2 Å². The fourth-order valence-corrected chi connectivity index (χ4v) is 3.71. The summed E-state index contributed by atoms with van der Waals surface area (Å²) in [6.45, 7) is 7.90. The van der Waals surface area contributed by atoms with Gasteiger partial charge < -0.3 is 15.2 Å². The van der Waals surface area contributed by atoms with E-state index in [2.05, 4.69) is 5.32 Å². The van der Waals surface area contributed by atoms with Crippen LogP contribution in [0.3, 0.4) is 0 Å². The van der Waals surface area contributed by atoms with Crippen molar-refractivity contribution in [2.75, 3.05) is 6.61 Å². The van der Waals surface area contributed by atoms with Crippen molar-refractivity contribution in [3.8, 4) is 0 Å². The Labute approximate surface area is 128 Å². The lowest BCUT2D eigenvalue weighted by Crippen LogP contribution is -2.76. The summed E-state index contributed by atoms with van der Waals surface area (Å²) >= 11 is 1.32. The van der Waals surface area contributed by atoms with Crippen LogP contribution >= 0.6 is 11.3 Å². The molecule has 2 atom stereocenters. The molecule has 1 aromatic heterocycles. The highest BCUT2D eigenvalue weighted by Gasteiger charge is 2.66. The molecule has 1 fully saturated rings. The molecule has 1 saturated carbocycles. The van der Waals surface area contributed by atoms with Gasteiger partial charge in [0.1, 0.15) is 5.54 Å². The highest BCUT2D eigenvalue weighted by atomic mass is 32.1. The monoisotopic (exact) mass is 311 g/mol. The number of hydrogen-bond acceptors (Lipinski definition) is 4. The van der Waals surface area contributed by atoms with E-state index in [1.54, 1.807) is 0 Å². The first-order valence-electron chi connectivity index (χ1n) is 6.98. The summed E-state index contributed by atoms with van der Waals surface area (Å²) in [7, 11) is 0. The zero-order valence-electron chi connectivity index (χ0n) is 12.7. The third-order valence-corrected chi connectivity index (χ3v) is 5.54. The van der Waals surface area contributed by atoms with E-state index in [0.29, 0.717) is 17.9 Å². The van der Waals surface area contributed by atoms with Crippen LogP contribution in [0.25, 0.3) is 0 Å². The first-order valence-corrected chi connectivity index (χ1v) is 7.86. The molecule has 0 radical (unpaired) electrons. The number of carboxylic acids is 1. The topological polar surface area (TPSA) is 75.6 Å². The van der Waals surface area contributed by atoms with Gasteiger partial charge in [-0.3, -0.25) is 4.79 Å². The molecule has 0 bridgehead atoms. The largest absolute Gasteiger partial charge is 0.479 e. The summed E-state index contributed by atoms with van der Waals surface area (Å²) < 4.78 is 5.58. The lowest BCUT2D eigenvalue weighted by molar-refractivity contribution is -0.190. The van der Waals surface area contributed by atoms with Gasteiger partial charge >= 0.3 is 5.97 Å². The van der Waals surface area contributed by atoms with Crippen LogP contribution < -0.4 is 5.32 Å². The molecule has 1 aliphatic rings. The van der Waals surface area contributed by atoms with Gasteiger partial charge in [-0.2, -0.15) is 0 Å². The first kappa shape index (κ1) is 16.0. The first-order chi connectivity index (χ1) is 9.76. The average molecular weight is 311 g/mol. The molecule has 0 aliphatic heterocycles. The number of aliphatic carboxylic acids is 1. The third kappa shape index (κ3) is 2.36. The van der Waals surface area contributed by atoms with Crippen LogP contribution in [0.1, 0.15) is 42.4 Å². The molecule has 2 rings (SSSR count). The average Bonchev–Trinajstić information content (AvgIpc) is 2.83. The molecule has 6 heteroatoms. The summed E-state index contributed by atoms with van der Waals surface area (Å²) in [5.74, 6) is -1.33. The van der Waals surface area contributed by atoms with Crippen molar-refractivity contribution in [2.45, 2.75) is 45.8 Å². The molecule has 0 spiro atoms. The van der Waals surface area contributed by atoms with Gasteiger partial charge in [0.05, 0.1) is 11.0 Å². The quantitative estimate of drug-likeness (QED) is 0.876. The SMILES string of the molecule is CCOC1CC(NC(=O)c2sccc2C)(C(=O)O)C1(C)C. The van der Waals surface area contributed by atoms with Crippen molar-refractivity contribution < 1.29 is 19.4 Å². The molecular weight excluding hydrogens is 290 g/mol. The predicted molar refractivity (Wildman–Crippen MR) is 80.7 cm³/mol. The van der Waals surface area contributed by atoms with E-state index in [1.807, 2.05) is 39.1 Å². The van der Waals surface area contributed by atoms with Crippen molar-refractivity contribution in [2.24, 2.45) is 5.41 Å². The van der Waals surface area contributed by atoms with Gasteiger partial charge in [0.15, 0.2) is 0 Å². The van der Waals surface area contributed by atoms with Gasteiger partial charge in [-0.1, -0.05) is 13.8 Å². The van der Waals surface area contributed by atoms with Gasteiger partial charge in [-0.25, -0.2) is 4.79 Å². The number of carboxylic acid groups (broad SMARTS) is 1. The van der Waals surface area contributed by atoms with Crippen LogP contribution in [0.15, 0.2) is 11.4 Å². The minimum absolute atomic E-state index is 0.164. The maximum absolute atomic E-state index is 12.4. The molecule has 1 amide bonds. The van der Waals surface area contributed by atoms with E-state index in [0.717, 1.165) is 5.56 Å². The summed E-state index contributed by atoms with van der Waals surface area (Å²) in [6.07, 6.45) is 0.127. The standard InChI is InChI=1S/C15H21NO4S/c1-5-20-10-8-15(13(18)19,14(10,3)4)16-12(17)11-9(2)6-7-21-11/h6-7,10H,5,8H2,1-4H3,(H,16,17)(H,18,19). The van der Waals surface area contributed by atoms with E-state index in [-0.39, 0.29) is 12.0 Å². The van der Waals surface area contributed by atoms with Crippen molar-refractivity contribution in [3.63, 3.8) is 0 Å². The minimum atomic E-state index is -1.28. The van der Waals surface area contributed by atoms with E-state index < -0.39 is 16.9 Å². The van der Waals surface area contributed by atoms with Crippen molar-refractivity contribution in [1.29, 1.82) is 0 Å². The Morgan fingerprint density at radius 3 is 2.62 bits per heavy atom. The number of hydrogen-bond donors (Lipinski definition) is 2. The summed E-state index contributed by atoms with van der Waals surface area (Å²) in [5, 5.41) is 14.2. The molecule has 21 heavy (non-hydrogen) atoms. The van der Waals surface area contributed by atoms with E-state index in [9.17, 15) is 14.7 Å². The Morgan fingerprint density at radius 1 is 1.52 bits per heavy atom. The highest BCUT2D eigenvalue weighted by Crippen LogP contribution is 2.51. The fourth-order valence-electron chi connectivity index (χ4n) is 2.89. The Bertz CT molecular complexity index is 566. The fraction of sp³-hybridized carbons (Fsp3) is 0.600. The van der Waals surface area contributed by atoms with Gasteiger partial charge in [0.25, 0.3) is 5.91 Å². The Balaban J connectivity index is 2.24. The molecule has 0 saturated heterocycles. The van der Waals surface area contributed by atoms with E-state index in [4.69, 9.17) is 4.74 Å². The molecule has 1 aromatic rings. The predicted octanol–water partition coefficient (Wildman–Crippen LogP) is 2.44. The molecule has 1 heterocycles. The lowest BCUT2D eigenvalue weighted by Gasteiger charge is -2.58. The van der Waals surface area contributed by atoms with E-state index in [1.165, 1.54) is 11.3 Å². The van der Waals surface area contributed by atoms with Crippen molar-refractivity contribution in [3.05, 3.63) is 21.9 Å². The zero-order valence-corrected chi connectivity index (χ0v) is 13.5. The highest BCUT2D eigenvalue weighted by molar-refractivity contribution is 7.12. The number of rotatable bonds is 5. The van der Waals surface area contributed by atoms with Crippen LogP contribution in [0.5, 0.6) is 0 Å². The molecule has 2 unspecified atom stereocenters. The smallest absolute Gasteiger partial charge is 0.330 e. The third-order valence-electron chi connectivity index (χ3n) is 4.52. The number of amides is 1. The van der Waals surface area contributed by atoms with E-state index >= 15 is 0 Å². The molecule has 5 nitrogen and oxygen atoms in total. The van der Waals surface area contributed by atoms with Crippen molar-refractivity contribution in [1.82, 2.24) is 5.32 Å². The second-order valence-corrected chi connectivity index (χ2v) is 6.88. The number of carbonyl (C=O) groups excluding carboxylic acids is 1.